The molecule has 3 rings (SSSR count). The number of likely N-dealkylation sites (tertiary alicyclic amines) is 1. The molecule has 0 saturated carbocycles. The van der Waals surface area contributed by atoms with Gasteiger partial charge in [0, 0.05) is 6.54 Å². The Morgan fingerprint density at radius 2 is 1.81 bits per heavy atom. The van der Waals surface area contributed by atoms with E-state index in [2.05, 4.69) is 9.62 Å². The standard InChI is InChI=1S/C16H24N2O2S/c19-21(20,17-9-4-12-18-10-1-2-11-18)16-8-7-14-5-3-6-15(14)13-16/h7-8,13,17H,1-6,9-12H2. The third-order valence-corrected chi connectivity index (χ3v) is 5.98. The van der Waals surface area contributed by atoms with Crippen molar-refractivity contribution in [2.45, 2.75) is 43.4 Å². The molecule has 2 aliphatic rings. The largest absolute Gasteiger partial charge is 0.303 e. The molecule has 0 spiro atoms. The Morgan fingerprint density at radius 1 is 1.05 bits per heavy atom. The molecule has 0 unspecified atom stereocenters. The van der Waals surface area contributed by atoms with Gasteiger partial charge in [-0.05, 0) is 81.4 Å². The van der Waals surface area contributed by atoms with Crippen LogP contribution in [0, 0.1) is 0 Å². The highest BCUT2D eigenvalue weighted by Crippen LogP contribution is 2.24. The lowest BCUT2D eigenvalue weighted by atomic mass is 10.1. The van der Waals surface area contributed by atoms with Crippen molar-refractivity contribution in [2.24, 2.45) is 0 Å². The summed E-state index contributed by atoms with van der Waals surface area (Å²) >= 11 is 0. The quantitative estimate of drug-likeness (QED) is 0.817. The summed E-state index contributed by atoms with van der Waals surface area (Å²) in [4.78, 5) is 2.83. The van der Waals surface area contributed by atoms with Gasteiger partial charge < -0.3 is 4.90 Å². The maximum atomic E-state index is 12.3. The predicted octanol–water partition coefficient (Wildman–Crippen LogP) is 1.94. The molecule has 1 fully saturated rings. The lowest BCUT2D eigenvalue weighted by Gasteiger charge is -2.14. The molecule has 4 nitrogen and oxygen atoms in total. The van der Waals surface area contributed by atoms with E-state index < -0.39 is 10.0 Å². The first kappa shape index (κ1) is 15.0. The number of rotatable bonds is 6. The third kappa shape index (κ3) is 3.65. The molecule has 5 heteroatoms. The second kappa shape index (κ2) is 6.46. The van der Waals surface area contributed by atoms with Gasteiger partial charge in [0.05, 0.1) is 4.90 Å². The fraction of sp³-hybridized carbons (Fsp3) is 0.625. The average molecular weight is 308 g/mol. The van der Waals surface area contributed by atoms with Gasteiger partial charge in [-0.25, -0.2) is 13.1 Å². The van der Waals surface area contributed by atoms with Gasteiger partial charge in [0.2, 0.25) is 10.0 Å². The van der Waals surface area contributed by atoms with Crippen LogP contribution < -0.4 is 4.72 Å². The lowest BCUT2D eigenvalue weighted by Crippen LogP contribution is -2.28. The maximum Gasteiger partial charge on any atom is 0.240 e. The molecule has 0 bridgehead atoms. The monoisotopic (exact) mass is 308 g/mol. The normalized spacial score (nSPS) is 19.0. The fourth-order valence-corrected chi connectivity index (χ4v) is 4.44. The van der Waals surface area contributed by atoms with Crippen LogP contribution in [-0.2, 0) is 22.9 Å². The van der Waals surface area contributed by atoms with E-state index in [-0.39, 0.29) is 0 Å². The molecule has 1 N–H and O–H groups in total. The van der Waals surface area contributed by atoms with E-state index in [9.17, 15) is 8.42 Å². The minimum absolute atomic E-state index is 0.421. The predicted molar refractivity (Wildman–Crippen MR) is 83.9 cm³/mol. The van der Waals surface area contributed by atoms with E-state index in [0.29, 0.717) is 11.4 Å². The summed E-state index contributed by atoms with van der Waals surface area (Å²) in [6.45, 7) is 3.85. The topological polar surface area (TPSA) is 49.4 Å². The van der Waals surface area contributed by atoms with Crippen LogP contribution in [0.25, 0.3) is 0 Å². The van der Waals surface area contributed by atoms with Crippen molar-refractivity contribution in [2.75, 3.05) is 26.2 Å². The molecule has 1 aromatic rings. The first-order valence-electron chi connectivity index (χ1n) is 7.99. The maximum absolute atomic E-state index is 12.3. The Labute approximate surface area is 127 Å². The number of benzene rings is 1. The van der Waals surface area contributed by atoms with E-state index in [1.165, 1.54) is 24.0 Å². The molecule has 1 aromatic carbocycles. The van der Waals surface area contributed by atoms with Crippen molar-refractivity contribution >= 4 is 10.0 Å². The highest BCUT2D eigenvalue weighted by atomic mass is 32.2. The van der Waals surface area contributed by atoms with Crippen LogP contribution in [0.2, 0.25) is 0 Å². The summed E-state index contributed by atoms with van der Waals surface area (Å²) in [6.07, 6.45) is 6.67. The molecule has 1 saturated heterocycles. The van der Waals surface area contributed by atoms with Crippen LogP contribution >= 0.6 is 0 Å². The molecular formula is C16H24N2O2S. The van der Waals surface area contributed by atoms with Crippen LogP contribution in [-0.4, -0.2) is 39.5 Å². The molecule has 0 atom stereocenters. The van der Waals surface area contributed by atoms with Crippen molar-refractivity contribution in [3.05, 3.63) is 29.3 Å². The van der Waals surface area contributed by atoms with E-state index in [4.69, 9.17) is 0 Å². The zero-order valence-corrected chi connectivity index (χ0v) is 13.3. The number of hydrogen-bond acceptors (Lipinski definition) is 3. The number of sulfonamides is 1. The molecule has 0 amide bonds. The van der Waals surface area contributed by atoms with Gasteiger partial charge in [-0.15, -0.1) is 0 Å². The van der Waals surface area contributed by atoms with Gasteiger partial charge in [0.25, 0.3) is 0 Å². The van der Waals surface area contributed by atoms with Crippen LogP contribution in [0.3, 0.4) is 0 Å². The van der Waals surface area contributed by atoms with E-state index in [1.807, 2.05) is 12.1 Å². The van der Waals surface area contributed by atoms with Crippen molar-refractivity contribution in [1.29, 1.82) is 0 Å². The van der Waals surface area contributed by atoms with Crippen molar-refractivity contribution < 1.29 is 8.42 Å². The summed E-state index contributed by atoms with van der Waals surface area (Å²) in [5.74, 6) is 0. The number of nitrogens with one attached hydrogen (secondary N) is 1. The second-order valence-corrected chi connectivity index (χ2v) is 7.85. The van der Waals surface area contributed by atoms with Gasteiger partial charge in [0.1, 0.15) is 0 Å². The molecule has 0 radical (unpaired) electrons. The van der Waals surface area contributed by atoms with E-state index in [0.717, 1.165) is 45.3 Å². The first-order valence-corrected chi connectivity index (χ1v) is 9.47. The van der Waals surface area contributed by atoms with Gasteiger partial charge in [0.15, 0.2) is 0 Å². The number of hydrogen-bond donors (Lipinski definition) is 1. The zero-order chi connectivity index (χ0) is 14.7. The Hall–Kier alpha value is -0.910. The third-order valence-electron chi connectivity index (χ3n) is 4.52. The summed E-state index contributed by atoms with van der Waals surface area (Å²) in [5.41, 5.74) is 2.51. The Bertz CT molecular complexity index is 592. The summed E-state index contributed by atoms with van der Waals surface area (Å²) in [6, 6.07) is 5.57. The van der Waals surface area contributed by atoms with Crippen LogP contribution in [0.15, 0.2) is 23.1 Å². The molecule has 21 heavy (non-hydrogen) atoms. The number of aryl methyl sites for hydroxylation is 2. The molecule has 1 aliphatic carbocycles. The highest BCUT2D eigenvalue weighted by molar-refractivity contribution is 7.89. The fourth-order valence-electron chi connectivity index (χ4n) is 3.31. The second-order valence-electron chi connectivity index (χ2n) is 6.08. The highest BCUT2D eigenvalue weighted by Gasteiger charge is 2.18. The van der Waals surface area contributed by atoms with Gasteiger partial charge in [-0.3, -0.25) is 0 Å². The average Bonchev–Trinajstić information content (AvgIpc) is 3.13. The van der Waals surface area contributed by atoms with Crippen molar-refractivity contribution in [3.63, 3.8) is 0 Å². The molecule has 1 heterocycles. The Balaban J connectivity index is 1.53. The Morgan fingerprint density at radius 3 is 2.62 bits per heavy atom. The summed E-state index contributed by atoms with van der Waals surface area (Å²) in [5, 5.41) is 0. The van der Waals surface area contributed by atoms with Gasteiger partial charge >= 0.3 is 0 Å². The van der Waals surface area contributed by atoms with Crippen LogP contribution in [0.1, 0.15) is 36.8 Å². The minimum atomic E-state index is -3.35. The SMILES string of the molecule is O=S(=O)(NCCCN1CCCC1)c1ccc2c(c1)CCC2. The van der Waals surface area contributed by atoms with Crippen molar-refractivity contribution in [1.82, 2.24) is 9.62 Å². The first-order chi connectivity index (χ1) is 10.1. The minimum Gasteiger partial charge on any atom is -0.303 e. The van der Waals surface area contributed by atoms with Crippen LogP contribution in [0.4, 0.5) is 0 Å². The van der Waals surface area contributed by atoms with Gasteiger partial charge in [-0.2, -0.15) is 0 Å². The molecule has 0 aromatic heterocycles. The molecule has 1 aliphatic heterocycles. The summed E-state index contributed by atoms with van der Waals surface area (Å²) < 4.78 is 27.3. The van der Waals surface area contributed by atoms with E-state index in [1.54, 1.807) is 6.07 Å². The molecular weight excluding hydrogens is 284 g/mol. The van der Waals surface area contributed by atoms with E-state index >= 15 is 0 Å². The summed E-state index contributed by atoms with van der Waals surface area (Å²) in [7, 11) is -3.35. The number of fused-ring (bicyclic) bond motifs is 1. The van der Waals surface area contributed by atoms with Crippen molar-refractivity contribution in [3.8, 4) is 0 Å². The number of nitrogens with zero attached hydrogens (tertiary/aromatic N) is 1. The molecule has 116 valence electrons. The van der Waals surface area contributed by atoms with Crippen LogP contribution in [0.5, 0.6) is 0 Å². The smallest absolute Gasteiger partial charge is 0.240 e. The van der Waals surface area contributed by atoms with Gasteiger partial charge in [-0.1, -0.05) is 6.07 Å². The zero-order valence-electron chi connectivity index (χ0n) is 12.5. The Kier molecular flexibility index (Phi) is 4.62. The lowest BCUT2D eigenvalue weighted by molar-refractivity contribution is 0.334.